The molecule has 1 unspecified atom stereocenters. The number of hydrogen-bond acceptors (Lipinski definition) is 6. The Morgan fingerprint density at radius 2 is 1.68 bits per heavy atom. The number of carbonyl (C=O) groups excluding carboxylic acids is 4. The maximum atomic E-state index is 14.1. The molecule has 0 fully saturated rings. The molecule has 0 saturated heterocycles. The highest BCUT2D eigenvalue weighted by molar-refractivity contribution is 5.93. The zero-order chi connectivity index (χ0) is 31.8. The summed E-state index contributed by atoms with van der Waals surface area (Å²) in [7, 11) is 1.55. The highest BCUT2D eigenvalue weighted by Gasteiger charge is 2.33. The second kappa shape index (κ2) is 14.7. The van der Waals surface area contributed by atoms with Gasteiger partial charge in [0.25, 0.3) is 0 Å². The number of allylic oxidation sites excluding steroid dienone is 2. The van der Waals surface area contributed by atoms with E-state index in [4.69, 9.17) is 4.74 Å². The summed E-state index contributed by atoms with van der Waals surface area (Å²) in [6.07, 6.45) is 5.73. The van der Waals surface area contributed by atoms with Crippen LogP contribution in [-0.4, -0.2) is 64.4 Å². The SMILES string of the molecule is C/C1=C\CCCOC(=O)C[C@H](c2ccc(O)cc2)NC(=O)[C@@H](Cc2c[nH]c3ccccc23)N(C)C(=O)[C@H](C)NC(=O)C(C)C1. The molecule has 0 bridgehead atoms. The molecule has 0 radical (unpaired) electrons. The largest absolute Gasteiger partial charge is 0.508 e. The third-order valence-corrected chi connectivity index (χ3v) is 8.10. The lowest BCUT2D eigenvalue weighted by Gasteiger charge is -2.31. The molecule has 2 aromatic carbocycles. The first kappa shape index (κ1) is 32.3. The smallest absolute Gasteiger partial charge is 0.308 e. The van der Waals surface area contributed by atoms with Gasteiger partial charge in [-0.05, 0) is 62.4 Å². The number of esters is 1. The number of hydrogen-bond donors (Lipinski definition) is 4. The Morgan fingerprint density at radius 1 is 0.955 bits per heavy atom. The van der Waals surface area contributed by atoms with Crippen LogP contribution < -0.4 is 10.6 Å². The number of likely N-dealkylation sites (N-methyl/N-ethyl adjacent to an activating group) is 1. The van der Waals surface area contributed by atoms with E-state index in [1.54, 1.807) is 26.1 Å². The number of nitrogens with zero attached hydrogens (tertiary/aromatic N) is 1. The molecule has 3 amide bonds. The van der Waals surface area contributed by atoms with Gasteiger partial charge < -0.3 is 30.4 Å². The molecule has 1 aromatic heterocycles. The van der Waals surface area contributed by atoms with E-state index in [0.29, 0.717) is 24.8 Å². The summed E-state index contributed by atoms with van der Waals surface area (Å²) >= 11 is 0. The van der Waals surface area contributed by atoms with E-state index < -0.39 is 35.9 Å². The highest BCUT2D eigenvalue weighted by Crippen LogP contribution is 2.24. The maximum absolute atomic E-state index is 14.1. The fourth-order valence-electron chi connectivity index (χ4n) is 5.52. The standard InChI is InChI=1S/C34H42N4O6/c1-21-9-7-8-16-44-31(40)19-29(24-12-14-26(39)15-13-24)37-33(42)30(18-25-20-35-28-11-6-5-10-27(25)28)38(4)34(43)23(3)36-32(41)22(2)17-21/h5-6,9-15,20,22-23,29-30,35,39H,7-8,16-19H2,1-4H3,(H,36,41)(H,37,42)/b21-9+/t22?,23-,29+,30+/m0/s1. The minimum Gasteiger partial charge on any atom is -0.508 e. The van der Waals surface area contributed by atoms with Crippen LogP contribution in [0, 0.1) is 5.92 Å². The van der Waals surface area contributed by atoms with Crippen molar-refractivity contribution in [2.24, 2.45) is 5.92 Å². The quantitative estimate of drug-likeness (QED) is 0.260. The van der Waals surface area contributed by atoms with Crippen molar-refractivity contribution in [1.29, 1.82) is 0 Å². The number of rotatable bonds is 3. The molecule has 2 heterocycles. The van der Waals surface area contributed by atoms with Crippen molar-refractivity contribution in [3.63, 3.8) is 0 Å². The van der Waals surface area contributed by atoms with Crippen LogP contribution in [0.5, 0.6) is 5.75 Å². The van der Waals surface area contributed by atoms with Gasteiger partial charge in [-0.25, -0.2) is 0 Å². The molecule has 0 saturated carbocycles. The number of nitrogens with one attached hydrogen (secondary N) is 3. The summed E-state index contributed by atoms with van der Waals surface area (Å²) in [5.74, 6) is -1.92. The van der Waals surface area contributed by atoms with Crippen LogP contribution in [0.4, 0.5) is 0 Å². The topological polar surface area (TPSA) is 141 Å². The number of fused-ring (bicyclic) bond motifs is 1. The summed E-state index contributed by atoms with van der Waals surface area (Å²) in [6.45, 7) is 5.60. The van der Waals surface area contributed by atoms with Crippen LogP contribution >= 0.6 is 0 Å². The molecular weight excluding hydrogens is 560 g/mol. The van der Waals surface area contributed by atoms with Crippen LogP contribution in [-0.2, 0) is 30.3 Å². The Balaban J connectivity index is 1.69. The molecule has 0 spiro atoms. The lowest BCUT2D eigenvalue weighted by atomic mass is 9.99. The van der Waals surface area contributed by atoms with Gasteiger partial charge in [0.15, 0.2) is 0 Å². The molecule has 4 rings (SSSR count). The molecule has 3 aromatic rings. The molecular formula is C34H42N4O6. The van der Waals surface area contributed by atoms with Crippen molar-refractivity contribution in [2.45, 2.75) is 71.0 Å². The van der Waals surface area contributed by atoms with Crippen molar-refractivity contribution in [1.82, 2.24) is 20.5 Å². The van der Waals surface area contributed by atoms with Gasteiger partial charge in [0.2, 0.25) is 17.7 Å². The Kier molecular flexibility index (Phi) is 10.8. The number of H-pyrrole nitrogens is 1. The van der Waals surface area contributed by atoms with Crippen molar-refractivity contribution in [3.05, 3.63) is 77.5 Å². The number of benzene rings is 2. The van der Waals surface area contributed by atoms with Crippen molar-refractivity contribution < 1.29 is 29.0 Å². The molecule has 10 nitrogen and oxygen atoms in total. The van der Waals surface area contributed by atoms with E-state index in [9.17, 15) is 24.3 Å². The van der Waals surface area contributed by atoms with E-state index >= 15 is 0 Å². The molecule has 1 aliphatic heterocycles. The van der Waals surface area contributed by atoms with E-state index in [-0.39, 0.29) is 37.0 Å². The zero-order valence-electron chi connectivity index (χ0n) is 25.8. The van der Waals surface area contributed by atoms with Crippen molar-refractivity contribution in [3.8, 4) is 5.75 Å². The molecule has 0 aliphatic carbocycles. The average molecular weight is 603 g/mol. The summed E-state index contributed by atoms with van der Waals surface area (Å²) in [4.78, 5) is 58.3. The first-order valence-corrected chi connectivity index (χ1v) is 15.1. The lowest BCUT2D eigenvalue weighted by Crippen LogP contribution is -2.55. The van der Waals surface area contributed by atoms with Gasteiger partial charge in [-0.3, -0.25) is 19.2 Å². The first-order chi connectivity index (χ1) is 21.0. The van der Waals surface area contributed by atoms with Crippen LogP contribution in [0.25, 0.3) is 10.9 Å². The van der Waals surface area contributed by atoms with Gasteiger partial charge in [0.1, 0.15) is 17.8 Å². The number of amides is 3. The van der Waals surface area contributed by atoms with E-state index in [0.717, 1.165) is 22.0 Å². The Labute approximate surface area is 257 Å². The summed E-state index contributed by atoms with van der Waals surface area (Å²) in [6, 6.07) is 11.3. The number of aromatic hydroxyl groups is 1. The van der Waals surface area contributed by atoms with Crippen molar-refractivity contribution in [2.75, 3.05) is 13.7 Å². The summed E-state index contributed by atoms with van der Waals surface area (Å²) < 4.78 is 5.50. The molecule has 10 heteroatoms. The number of carbonyl (C=O) groups is 4. The lowest BCUT2D eigenvalue weighted by molar-refractivity contribution is -0.145. The van der Waals surface area contributed by atoms with E-state index in [2.05, 4.69) is 15.6 Å². The summed E-state index contributed by atoms with van der Waals surface area (Å²) in [5, 5.41) is 16.6. The fourth-order valence-corrected chi connectivity index (χ4v) is 5.52. The number of cyclic esters (lactones) is 1. The molecule has 234 valence electrons. The predicted molar refractivity (Wildman–Crippen MR) is 168 cm³/mol. The molecule has 4 N–H and O–H groups in total. The third-order valence-electron chi connectivity index (χ3n) is 8.10. The minimum atomic E-state index is -0.971. The fraction of sp³-hybridized carbons (Fsp3) is 0.412. The first-order valence-electron chi connectivity index (χ1n) is 15.1. The normalized spacial score (nSPS) is 24.7. The zero-order valence-corrected chi connectivity index (χ0v) is 25.8. The maximum Gasteiger partial charge on any atom is 0.308 e. The van der Waals surface area contributed by atoms with Gasteiger partial charge in [-0.15, -0.1) is 0 Å². The van der Waals surface area contributed by atoms with Crippen LogP contribution in [0.1, 0.15) is 63.6 Å². The van der Waals surface area contributed by atoms with Crippen LogP contribution in [0.3, 0.4) is 0 Å². The van der Waals surface area contributed by atoms with E-state index in [1.807, 2.05) is 50.4 Å². The third kappa shape index (κ3) is 8.27. The minimum absolute atomic E-state index is 0.0509. The van der Waals surface area contributed by atoms with Gasteiger partial charge in [0.05, 0.1) is 19.1 Å². The Morgan fingerprint density at radius 3 is 2.43 bits per heavy atom. The van der Waals surface area contributed by atoms with Gasteiger partial charge in [0, 0.05) is 36.5 Å². The number of phenolic OH excluding ortho intramolecular Hbond substituents is 1. The highest BCUT2D eigenvalue weighted by atomic mass is 16.5. The second-order valence-corrected chi connectivity index (χ2v) is 11.6. The number of aromatic amines is 1. The number of ether oxygens (including phenoxy) is 1. The number of aromatic nitrogens is 1. The summed E-state index contributed by atoms with van der Waals surface area (Å²) in [5.41, 5.74) is 3.38. The Hall–Kier alpha value is -4.60. The Bertz CT molecular complexity index is 1510. The van der Waals surface area contributed by atoms with E-state index in [1.165, 1.54) is 17.0 Å². The van der Waals surface area contributed by atoms with Gasteiger partial charge >= 0.3 is 5.97 Å². The number of phenols is 1. The van der Waals surface area contributed by atoms with Crippen LogP contribution in [0.15, 0.2) is 66.4 Å². The molecule has 4 atom stereocenters. The number of para-hydroxylation sites is 1. The van der Waals surface area contributed by atoms with Crippen LogP contribution in [0.2, 0.25) is 0 Å². The molecule has 1 aliphatic rings. The van der Waals surface area contributed by atoms with Gasteiger partial charge in [-0.2, -0.15) is 0 Å². The monoisotopic (exact) mass is 602 g/mol. The second-order valence-electron chi connectivity index (χ2n) is 11.6. The van der Waals surface area contributed by atoms with Gasteiger partial charge in [-0.1, -0.05) is 48.9 Å². The predicted octanol–water partition coefficient (Wildman–Crippen LogP) is 4.30. The molecule has 44 heavy (non-hydrogen) atoms. The van der Waals surface area contributed by atoms with Crippen molar-refractivity contribution >= 4 is 34.6 Å². The average Bonchev–Trinajstić information content (AvgIpc) is 3.41.